The van der Waals surface area contributed by atoms with Crippen LogP contribution in [0.4, 0.5) is 11.4 Å². The highest BCUT2D eigenvalue weighted by atomic mass is 79.9. The van der Waals surface area contributed by atoms with Crippen LogP contribution in [0.3, 0.4) is 0 Å². The molecule has 1 fully saturated rings. The number of amides is 3. The molecule has 11 heteroatoms. The zero-order chi connectivity index (χ0) is 25.8. The normalized spacial score (nSPS) is 15.1. The molecule has 0 saturated carbocycles. The van der Waals surface area contributed by atoms with Gasteiger partial charge in [-0.3, -0.25) is 24.7 Å². The number of hydrazine groups is 1. The lowest BCUT2D eigenvalue weighted by molar-refractivity contribution is -0.124. The average molecular weight is 588 g/mol. The van der Waals surface area contributed by atoms with Crippen molar-refractivity contribution in [3.05, 3.63) is 87.9 Å². The lowest BCUT2D eigenvalue weighted by Crippen LogP contribution is -2.49. The minimum atomic E-state index is -1.07. The first-order valence-electron chi connectivity index (χ1n) is 10.7. The van der Waals surface area contributed by atoms with Crippen LogP contribution in [0, 0.1) is 0 Å². The molecule has 1 heterocycles. The number of anilines is 2. The third-order valence-corrected chi connectivity index (χ3v) is 6.49. The summed E-state index contributed by atoms with van der Waals surface area (Å²) in [6.45, 7) is 0. The van der Waals surface area contributed by atoms with Gasteiger partial charge in [-0.2, -0.15) is 0 Å². The quantitative estimate of drug-likeness (QED) is 0.387. The lowest BCUT2D eigenvalue weighted by Gasteiger charge is -2.24. The number of benzene rings is 3. The van der Waals surface area contributed by atoms with Gasteiger partial charge in [0.15, 0.2) is 0 Å². The maximum atomic E-state index is 13.5. The number of carbonyl (C=O) groups excluding carboxylic acids is 3. The number of methoxy groups -OCH3 is 1. The van der Waals surface area contributed by atoms with Gasteiger partial charge >= 0.3 is 0 Å². The first-order chi connectivity index (χ1) is 17.3. The highest BCUT2D eigenvalue weighted by Crippen LogP contribution is 2.28. The van der Waals surface area contributed by atoms with Gasteiger partial charge in [0.25, 0.3) is 11.8 Å². The maximum Gasteiger partial charge on any atom is 0.269 e. The summed E-state index contributed by atoms with van der Waals surface area (Å²) in [5.74, 6) is -0.771. The summed E-state index contributed by atoms with van der Waals surface area (Å²) in [4.78, 5) is 40.6. The third kappa shape index (κ3) is 5.67. The summed E-state index contributed by atoms with van der Waals surface area (Å²) in [6, 6.07) is 19.0. The molecular weight excluding hydrogens is 568 g/mol. The fourth-order valence-corrected chi connectivity index (χ4v) is 4.49. The van der Waals surface area contributed by atoms with Crippen molar-refractivity contribution in [2.24, 2.45) is 0 Å². The zero-order valence-electron chi connectivity index (χ0n) is 18.9. The zero-order valence-corrected chi connectivity index (χ0v) is 22.1. The van der Waals surface area contributed by atoms with Crippen molar-refractivity contribution in [2.75, 3.05) is 17.3 Å². The molecule has 1 saturated heterocycles. The Morgan fingerprint density at radius 2 is 1.78 bits per heavy atom. The maximum absolute atomic E-state index is 13.5. The number of hydrogen-bond acceptors (Lipinski definition) is 5. The first-order valence-corrected chi connectivity index (χ1v) is 12.3. The molecule has 36 heavy (non-hydrogen) atoms. The van der Waals surface area contributed by atoms with Gasteiger partial charge in [0.1, 0.15) is 11.8 Å². The molecule has 3 amide bonds. The Bertz CT molecular complexity index is 1320. The summed E-state index contributed by atoms with van der Waals surface area (Å²) in [5, 5.41) is 4.54. The van der Waals surface area contributed by atoms with E-state index in [4.69, 9.17) is 28.6 Å². The van der Waals surface area contributed by atoms with E-state index in [1.165, 1.54) is 17.0 Å². The standard InChI is InChI=1S/C25H20BrClN4O4S/c1-35-20-11-9-19(10-12-20)30-24(34)21(14-22(32)28-18-4-2-3-16(26)13-18)31(25(30)36)29-23(33)15-5-7-17(27)8-6-15/h2-13,21H,14H2,1H3,(H,28,32)(H,29,33). The number of rotatable bonds is 7. The van der Waals surface area contributed by atoms with Crippen molar-refractivity contribution in [3.63, 3.8) is 0 Å². The second-order valence-corrected chi connectivity index (χ2v) is 9.47. The Kier molecular flexibility index (Phi) is 7.88. The molecule has 0 bridgehead atoms. The van der Waals surface area contributed by atoms with Crippen molar-refractivity contribution >= 4 is 74.0 Å². The van der Waals surface area contributed by atoms with Crippen LogP contribution in [0.2, 0.25) is 5.02 Å². The van der Waals surface area contributed by atoms with Gasteiger partial charge in [0.05, 0.1) is 19.2 Å². The van der Waals surface area contributed by atoms with Crippen LogP contribution in [0.5, 0.6) is 5.75 Å². The second kappa shape index (κ2) is 11.1. The van der Waals surface area contributed by atoms with Crippen LogP contribution in [-0.4, -0.2) is 41.0 Å². The molecule has 1 atom stereocenters. The molecule has 1 aliphatic rings. The van der Waals surface area contributed by atoms with E-state index in [9.17, 15) is 14.4 Å². The predicted molar refractivity (Wildman–Crippen MR) is 145 cm³/mol. The van der Waals surface area contributed by atoms with E-state index in [1.807, 2.05) is 6.07 Å². The molecule has 0 aliphatic carbocycles. The van der Waals surface area contributed by atoms with Crippen LogP contribution in [0.15, 0.2) is 77.3 Å². The molecule has 0 spiro atoms. The van der Waals surface area contributed by atoms with E-state index in [2.05, 4.69) is 26.7 Å². The Balaban J connectivity index is 1.60. The molecule has 184 valence electrons. The monoisotopic (exact) mass is 586 g/mol. The number of nitrogens with zero attached hydrogens (tertiary/aromatic N) is 2. The van der Waals surface area contributed by atoms with E-state index < -0.39 is 23.8 Å². The van der Waals surface area contributed by atoms with Crippen LogP contribution < -0.4 is 20.4 Å². The van der Waals surface area contributed by atoms with Crippen molar-refractivity contribution in [1.82, 2.24) is 10.4 Å². The summed E-state index contributed by atoms with van der Waals surface area (Å²) in [5.41, 5.74) is 4.04. The molecule has 1 aliphatic heterocycles. The summed E-state index contributed by atoms with van der Waals surface area (Å²) in [6.07, 6.45) is -0.251. The minimum Gasteiger partial charge on any atom is -0.497 e. The lowest BCUT2D eigenvalue weighted by atomic mass is 10.1. The Morgan fingerprint density at radius 1 is 1.08 bits per heavy atom. The van der Waals surface area contributed by atoms with Gasteiger partial charge in [-0.25, -0.2) is 5.01 Å². The van der Waals surface area contributed by atoms with Gasteiger partial charge < -0.3 is 10.1 Å². The van der Waals surface area contributed by atoms with Gasteiger partial charge in [0, 0.05) is 20.7 Å². The fourth-order valence-electron chi connectivity index (χ4n) is 3.60. The molecule has 1 unspecified atom stereocenters. The SMILES string of the molecule is COc1ccc(N2C(=O)C(CC(=O)Nc3cccc(Br)c3)N(NC(=O)c3ccc(Cl)cc3)C2=S)cc1. The van der Waals surface area contributed by atoms with Crippen LogP contribution in [0.25, 0.3) is 0 Å². The van der Waals surface area contributed by atoms with Crippen LogP contribution in [-0.2, 0) is 9.59 Å². The van der Waals surface area contributed by atoms with Crippen LogP contribution >= 0.6 is 39.7 Å². The number of thiocarbonyl (C=S) groups is 1. The predicted octanol–water partition coefficient (Wildman–Crippen LogP) is 4.79. The van der Waals surface area contributed by atoms with Crippen molar-refractivity contribution in [2.45, 2.75) is 12.5 Å². The molecule has 8 nitrogen and oxygen atoms in total. The third-order valence-electron chi connectivity index (χ3n) is 5.36. The minimum absolute atomic E-state index is 0.0349. The molecular formula is C25H20BrClN4O4S. The van der Waals surface area contributed by atoms with Crippen molar-refractivity contribution in [3.8, 4) is 5.75 Å². The highest BCUT2D eigenvalue weighted by Gasteiger charge is 2.45. The van der Waals surface area contributed by atoms with E-state index >= 15 is 0 Å². The summed E-state index contributed by atoms with van der Waals surface area (Å²) < 4.78 is 5.98. The molecule has 2 N–H and O–H groups in total. The summed E-state index contributed by atoms with van der Waals surface area (Å²) >= 11 is 14.9. The summed E-state index contributed by atoms with van der Waals surface area (Å²) in [7, 11) is 1.54. The largest absolute Gasteiger partial charge is 0.497 e. The Labute approximate surface area is 226 Å². The second-order valence-electron chi connectivity index (χ2n) is 7.75. The Hall–Kier alpha value is -3.47. The van der Waals surface area contributed by atoms with Gasteiger partial charge in [-0.1, -0.05) is 33.6 Å². The molecule has 3 aromatic rings. The van der Waals surface area contributed by atoms with Gasteiger partial charge in [-0.05, 0) is 78.9 Å². The van der Waals surface area contributed by atoms with Gasteiger partial charge in [-0.15, -0.1) is 0 Å². The molecule has 4 rings (SSSR count). The number of hydrogen-bond donors (Lipinski definition) is 2. The van der Waals surface area contributed by atoms with E-state index in [-0.39, 0.29) is 11.5 Å². The molecule has 3 aromatic carbocycles. The number of carbonyl (C=O) groups is 3. The number of halogens is 2. The van der Waals surface area contributed by atoms with E-state index in [0.29, 0.717) is 27.7 Å². The topological polar surface area (TPSA) is 91.0 Å². The van der Waals surface area contributed by atoms with Crippen LogP contribution in [0.1, 0.15) is 16.8 Å². The van der Waals surface area contributed by atoms with E-state index in [0.717, 1.165) is 4.47 Å². The Morgan fingerprint density at radius 3 is 2.42 bits per heavy atom. The van der Waals surface area contributed by atoms with Gasteiger partial charge in [0.2, 0.25) is 11.0 Å². The molecule has 0 aromatic heterocycles. The average Bonchev–Trinajstić information content (AvgIpc) is 3.08. The fraction of sp³-hybridized carbons (Fsp3) is 0.120. The van der Waals surface area contributed by atoms with Crippen molar-refractivity contribution in [1.29, 1.82) is 0 Å². The highest BCUT2D eigenvalue weighted by molar-refractivity contribution is 9.10. The smallest absolute Gasteiger partial charge is 0.269 e. The molecule has 0 radical (unpaired) electrons. The van der Waals surface area contributed by atoms with Crippen molar-refractivity contribution < 1.29 is 19.1 Å². The van der Waals surface area contributed by atoms with E-state index in [1.54, 1.807) is 66.7 Å². The first kappa shape index (κ1) is 25.6. The number of ether oxygens (including phenoxy) is 1. The number of nitrogens with one attached hydrogen (secondary N) is 2.